The van der Waals surface area contributed by atoms with Gasteiger partial charge in [-0.25, -0.2) is 9.97 Å². The van der Waals surface area contributed by atoms with Crippen LogP contribution < -0.4 is 5.32 Å². The Balaban J connectivity index is 1.19. The van der Waals surface area contributed by atoms with Gasteiger partial charge in [0, 0.05) is 48.3 Å². The van der Waals surface area contributed by atoms with E-state index >= 15 is 0 Å². The van der Waals surface area contributed by atoms with Crippen LogP contribution in [0, 0.1) is 5.92 Å². The average Bonchev–Trinajstić information content (AvgIpc) is 2.85. The van der Waals surface area contributed by atoms with Crippen LogP contribution >= 0.6 is 0 Å². The number of benzene rings is 2. The first-order valence-corrected chi connectivity index (χ1v) is 11.0. The molecule has 32 heavy (non-hydrogen) atoms. The standard InChI is InChI=1S/C26H25N5O/c32-25(22-4-1-6-23(18-22)30-26-28-12-3-13-29-26)31-14-9-19(10-15-31)16-20-7-8-24-21(17-20)5-2-11-27-24/h1-8,11-13,17-19H,9-10,14-16H2,(H,28,29,30). The third kappa shape index (κ3) is 4.59. The lowest BCUT2D eigenvalue weighted by Gasteiger charge is -2.32. The maximum absolute atomic E-state index is 13.1. The fourth-order valence-corrected chi connectivity index (χ4v) is 4.33. The Morgan fingerprint density at radius 1 is 0.906 bits per heavy atom. The molecule has 1 saturated heterocycles. The fourth-order valence-electron chi connectivity index (χ4n) is 4.33. The first-order chi connectivity index (χ1) is 15.7. The topological polar surface area (TPSA) is 71.0 Å². The zero-order valence-electron chi connectivity index (χ0n) is 17.8. The van der Waals surface area contributed by atoms with Crippen molar-refractivity contribution < 1.29 is 4.79 Å². The zero-order valence-corrected chi connectivity index (χ0v) is 17.8. The van der Waals surface area contributed by atoms with Gasteiger partial charge in [0.05, 0.1) is 5.52 Å². The van der Waals surface area contributed by atoms with Crippen LogP contribution in [0.5, 0.6) is 0 Å². The van der Waals surface area contributed by atoms with E-state index in [0.717, 1.165) is 43.6 Å². The molecule has 160 valence electrons. The lowest BCUT2D eigenvalue weighted by molar-refractivity contribution is 0.0690. The van der Waals surface area contributed by atoms with E-state index in [9.17, 15) is 4.79 Å². The van der Waals surface area contributed by atoms with Gasteiger partial charge < -0.3 is 10.2 Å². The number of carbonyl (C=O) groups excluding carboxylic acids is 1. The second-order valence-electron chi connectivity index (χ2n) is 8.25. The maximum atomic E-state index is 13.1. The van der Waals surface area contributed by atoms with Crippen molar-refractivity contribution in [3.05, 3.63) is 90.4 Å². The Bertz CT molecular complexity index is 1220. The van der Waals surface area contributed by atoms with E-state index in [-0.39, 0.29) is 5.91 Å². The van der Waals surface area contributed by atoms with Crippen molar-refractivity contribution in [1.29, 1.82) is 0 Å². The quantitative estimate of drug-likeness (QED) is 0.496. The molecule has 3 heterocycles. The van der Waals surface area contributed by atoms with Crippen molar-refractivity contribution in [1.82, 2.24) is 19.9 Å². The third-order valence-corrected chi connectivity index (χ3v) is 6.02. The molecular formula is C26H25N5O. The molecule has 1 aliphatic heterocycles. The number of likely N-dealkylation sites (tertiary alicyclic amines) is 1. The molecule has 2 aromatic heterocycles. The predicted octanol–water partition coefficient (Wildman–Crippen LogP) is 4.86. The van der Waals surface area contributed by atoms with Gasteiger partial charge in [0.25, 0.3) is 5.91 Å². The number of carbonyl (C=O) groups is 1. The molecule has 6 nitrogen and oxygen atoms in total. The largest absolute Gasteiger partial charge is 0.339 e. The second-order valence-corrected chi connectivity index (χ2v) is 8.25. The second kappa shape index (κ2) is 9.14. The summed E-state index contributed by atoms with van der Waals surface area (Å²) < 4.78 is 0. The van der Waals surface area contributed by atoms with Crippen LogP contribution in [0.25, 0.3) is 10.9 Å². The summed E-state index contributed by atoms with van der Waals surface area (Å²) >= 11 is 0. The highest BCUT2D eigenvalue weighted by molar-refractivity contribution is 5.95. The van der Waals surface area contributed by atoms with E-state index in [4.69, 9.17) is 0 Å². The molecule has 5 rings (SSSR count). The van der Waals surface area contributed by atoms with Gasteiger partial charge in [-0.1, -0.05) is 18.2 Å². The predicted molar refractivity (Wildman–Crippen MR) is 126 cm³/mol. The van der Waals surface area contributed by atoms with Crippen molar-refractivity contribution in [3.63, 3.8) is 0 Å². The summed E-state index contributed by atoms with van der Waals surface area (Å²) in [4.78, 5) is 27.8. The van der Waals surface area contributed by atoms with Gasteiger partial charge in [0.2, 0.25) is 5.95 Å². The maximum Gasteiger partial charge on any atom is 0.253 e. The van der Waals surface area contributed by atoms with Crippen LogP contribution in [-0.4, -0.2) is 38.8 Å². The molecule has 6 heteroatoms. The van der Waals surface area contributed by atoms with Crippen molar-refractivity contribution in [2.45, 2.75) is 19.3 Å². The number of amides is 1. The van der Waals surface area contributed by atoms with Gasteiger partial charge in [-0.3, -0.25) is 9.78 Å². The molecule has 0 radical (unpaired) electrons. The number of rotatable bonds is 5. The highest BCUT2D eigenvalue weighted by atomic mass is 16.2. The minimum absolute atomic E-state index is 0.0814. The molecule has 1 N–H and O–H groups in total. The van der Waals surface area contributed by atoms with Crippen LogP contribution in [0.4, 0.5) is 11.6 Å². The van der Waals surface area contributed by atoms with E-state index in [0.29, 0.717) is 17.4 Å². The van der Waals surface area contributed by atoms with Gasteiger partial charge in [-0.2, -0.15) is 0 Å². The Morgan fingerprint density at radius 3 is 2.56 bits per heavy atom. The van der Waals surface area contributed by atoms with Crippen molar-refractivity contribution in [3.8, 4) is 0 Å². The van der Waals surface area contributed by atoms with Gasteiger partial charge in [-0.05, 0) is 73.2 Å². The van der Waals surface area contributed by atoms with Crippen LogP contribution in [0.2, 0.25) is 0 Å². The third-order valence-electron chi connectivity index (χ3n) is 6.02. The SMILES string of the molecule is O=C(c1cccc(Nc2ncccn2)c1)N1CCC(Cc2ccc3ncccc3c2)CC1. The highest BCUT2D eigenvalue weighted by Crippen LogP contribution is 2.25. The molecule has 0 unspecified atom stereocenters. The van der Waals surface area contributed by atoms with Crippen LogP contribution in [0.3, 0.4) is 0 Å². The molecule has 0 spiro atoms. The molecule has 0 atom stereocenters. The molecule has 2 aromatic carbocycles. The van der Waals surface area contributed by atoms with E-state index in [2.05, 4.69) is 44.5 Å². The molecule has 1 amide bonds. The number of nitrogens with one attached hydrogen (secondary N) is 1. The molecule has 1 aliphatic rings. The van der Waals surface area contributed by atoms with E-state index in [1.165, 1.54) is 10.9 Å². The van der Waals surface area contributed by atoms with E-state index in [1.807, 2.05) is 41.4 Å². The number of aromatic nitrogens is 3. The van der Waals surface area contributed by atoms with Gasteiger partial charge >= 0.3 is 0 Å². The number of hydrogen-bond donors (Lipinski definition) is 1. The zero-order chi connectivity index (χ0) is 21.8. The summed E-state index contributed by atoms with van der Waals surface area (Å²) in [7, 11) is 0. The van der Waals surface area contributed by atoms with Gasteiger partial charge in [0.15, 0.2) is 0 Å². The minimum Gasteiger partial charge on any atom is -0.339 e. The average molecular weight is 424 g/mol. The number of fused-ring (bicyclic) bond motifs is 1. The summed E-state index contributed by atoms with van der Waals surface area (Å²) in [5.74, 6) is 1.19. The summed E-state index contributed by atoms with van der Waals surface area (Å²) in [5.41, 5.74) is 3.87. The van der Waals surface area contributed by atoms with E-state index in [1.54, 1.807) is 18.5 Å². The number of nitrogens with zero attached hydrogens (tertiary/aromatic N) is 4. The monoisotopic (exact) mass is 423 g/mol. The smallest absolute Gasteiger partial charge is 0.253 e. The summed E-state index contributed by atoms with van der Waals surface area (Å²) in [6, 6.07) is 19.9. The lowest BCUT2D eigenvalue weighted by atomic mass is 9.89. The normalized spacial score (nSPS) is 14.4. The minimum atomic E-state index is 0.0814. The number of pyridine rings is 1. The number of hydrogen-bond acceptors (Lipinski definition) is 5. The molecule has 4 aromatic rings. The van der Waals surface area contributed by atoms with Crippen LogP contribution in [0.1, 0.15) is 28.8 Å². The molecule has 0 saturated carbocycles. The molecule has 0 bridgehead atoms. The Kier molecular flexibility index (Phi) is 5.75. The number of anilines is 2. The van der Waals surface area contributed by atoms with Crippen LogP contribution in [0.15, 0.2) is 79.3 Å². The van der Waals surface area contributed by atoms with Crippen molar-refractivity contribution >= 4 is 28.4 Å². The summed E-state index contributed by atoms with van der Waals surface area (Å²) in [5, 5.41) is 4.34. The fraction of sp³-hybridized carbons (Fsp3) is 0.231. The highest BCUT2D eigenvalue weighted by Gasteiger charge is 2.24. The first kappa shape index (κ1) is 20.1. The Labute approximate surface area is 187 Å². The first-order valence-electron chi connectivity index (χ1n) is 11.0. The Morgan fingerprint density at radius 2 is 1.72 bits per heavy atom. The number of piperidine rings is 1. The summed E-state index contributed by atoms with van der Waals surface area (Å²) in [6.45, 7) is 1.58. The van der Waals surface area contributed by atoms with Crippen molar-refractivity contribution in [2.24, 2.45) is 5.92 Å². The lowest BCUT2D eigenvalue weighted by Crippen LogP contribution is -2.38. The Hall–Kier alpha value is -3.80. The van der Waals surface area contributed by atoms with Crippen LogP contribution in [-0.2, 0) is 6.42 Å². The molecular weight excluding hydrogens is 398 g/mol. The molecule has 1 fully saturated rings. The molecule has 0 aliphatic carbocycles. The summed E-state index contributed by atoms with van der Waals surface area (Å²) in [6.07, 6.45) is 8.28. The van der Waals surface area contributed by atoms with Gasteiger partial charge in [-0.15, -0.1) is 0 Å². The van der Waals surface area contributed by atoms with Crippen molar-refractivity contribution in [2.75, 3.05) is 18.4 Å². The van der Waals surface area contributed by atoms with Gasteiger partial charge in [0.1, 0.15) is 0 Å². The van der Waals surface area contributed by atoms with E-state index < -0.39 is 0 Å².